The van der Waals surface area contributed by atoms with Crippen molar-refractivity contribution in [3.63, 3.8) is 0 Å². The number of pyridine rings is 1. The molecule has 1 heterocycles. The average Bonchev–Trinajstić information content (AvgIpc) is 2.76. The molecule has 30 heavy (non-hydrogen) atoms. The van der Waals surface area contributed by atoms with Crippen molar-refractivity contribution in [1.82, 2.24) is 10.3 Å². The van der Waals surface area contributed by atoms with E-state index in [0.29, 0.717) is 34.3 Å². The molecule has 0 aliphatic carbocycles. The maximum atomic E-state index is 12.1. The fraction of sp³-hybridized carbons (Fsp3) is 0.143. The molecule has 0 saturated heterocycles. The predicted molar refractivity (Wildman–Crippen MR) is 120 cm³/mol. The zero-order valence-corrected chi connectivity index (χ0v) is 18.1. The van der Waals surface area contributed by atoms with E-state index in [1.807, 2.05) is 6.07 Å². The summed E-state index contributed by atoms with van der Waals surface area (Å²) >= 11 is 10.0. The molecule has 1 aromatic heterocycles. The van der Waals surface area contributed by atoms with Gasteiger partial charge in [-0.2, -0.15) is 0 Å². The summed E-state index contributed by atoms with van der Waals surface area (Å²) in [5, 5.41) is 3.71. The van der Waals surface area contributed by atoms with Crippen LogP contribution in [0.1, 0.15) is 21.5 Å². The standard InChI is InChI=1S/C21H19Cl2N3O3S/c22-19-5-1-3-16(20(19)23)10-12-26(30(28)29)18-8-6-15(7-9-18)13-25-21(27)17-4-2-11-24-14-17/h1-9,11,14H,10,12-13H2,(H,25,27)(H,28,29). The molecule has 6 nitrogen and oxygen atoms in total. The second-order valence-electron chi connectivity index (χ2n) is 6.39. The van der Waals surface area contributed by atoms with Crippen LogP contribution < -0.4 is 9.62 Å². The van der Waals surface area contributed by atoms with Gasteiger partial charge in [0, 0.05) is 25.5 Å². The zero-order chi connectivity index (χ0) is 21.5. The molecular weight excluding hydrogens is 445 g/mol. The number of amides is 1. The Morgan fingerprint density at radius 2 is 1.87 bits per heavy atom. The number of carbonyl (C=O) groups excluding carboxylic acids is 1. The van der Waals surface area contributed by atoms with Crippen molar-refractivity contribution in [2.75, 3.05) is 10.8 Å². The summed E-state index contributed by atoms with van der Waals surface area (Å²) in [6.07, 6.45) is 3.56. The minimum Gasteiger partial charge on any atom is -0.348 e. The molecule has 3 rings (SSSR count). The third-order valence-corrected chi connectivity index (χ3v) is 6.03. The van der Waals surface area contributed by atoms with Crippen molar-refractivity contribution < 1.29 is 13.6 Å². The lowest BCUT2D eigenvalue weighted by atomic mass is 10.1. The molecule has 0 saturated carbocycles. The van der Waals surface area contributed by atoms with E-state index < -0.39 is 11.3 Å². The molecule has 1 unspecified atom stereocenters. The number of benzene rings is 2. The van der Waals surface area contributed by atoms with E-state index in [-0.39, 0.29) is 12.5 Å². The van der Waals surface area contributed by atoms with E-state index in [9.17, 15) is 13.6 Å². The number of anilines is 1. The van der Waals surface area contributed by atoms with E-state index in [4.69, 9.17) is 23.2 Å². The molecule has 0 spiro atoms. The highest BCUT2D eigenvalue weighted by Gasteiger charge is 2.14. The summed E-state index contributed by atoms with van der Waals surface area (Å²) in [4.78, 5) is 16.0. The quantitative estimate of drug-likeness (QED) is 0.481. The maximum Gasteiger partial charge on any atom is 0.261 e. The number of halogens is 2. The molecule has 156 valence electrons. The van der Waals surface area contributed by atoms with Crippen molar-refractivity contribution in [3.8, 4) is 0 Å². The smallest absolute Gasteiger partial charge is 0.261 e. The number of rotatable bonds is 8. The first kappa shape index (κ1) is 22.2. The molecule has 0 radical (unpaired) electrons. The average molecular weight is 464 g/mol. The Morgan fingerprint density at radius 3 is 2.53 bits per heavy atom. The van der Waals surface area contributed by atoms with Gasteiger partial charge in [0.05, 0.1) is 21.3 Å². The first-order valence-electron chi connectivity index (χ1n) is 9.04. The molecule has 2 N–H and O–H groups in total. The molecule has 3 aromatic rings. The lowest BCUT2D eigenvalue weighted by Gasteiger charge is -2.20. The van der Waals surface area contributed by atoms with Crippen molar-refractivity contribution in [1.29, 1.82) is 0 Å². The van der Waals surface area contributed by atoms with Gasteiger partial charge in [0.2, 0.25) is 0 Å². The molecule has 1 amide bonds. The van der Waals surface area contributed by atoms with E-state index in [2.05, 4.69) is 10.3 Å². The van der Waals surface area contributed by atoms with Gasteiger partial charge in [0.15, 0.2) is 0 Å². The van der Waals surface area contributed by atoms with Crippen LogP contribution in [0.25, 0.3) is 0 Å². The Hall–Kier alpha value is -2.45. The first-order chi connectivity index (χ1) is 14.5. The number of hydrogen-bond donors (Lipinski definition) is 2. The van der Waals surface area contributed by atoms with Gasteiger partial charge in [0.25, 0.3) is 17.2 Å². The molecule has 0 aliphatic rings. The van der Waals surface area contributed by atoms with Gasteiger partial charge in [-0.25, -0.2) is 4.21 Å². The first-order valence-corrected chi connectivity index (χ1v) is 10.9. The minimum atomic E-state index is -2.20. The third kappa shape index (κ3) is 5.79. The molecule has 0 aliphatic heterocycles. The van der Waals surface area contributed by atoms with Crippen molar-refractivity contribution >= 4 is 46.1 Å². The van der Waals surface area contributed by atoms with Gasteiger partial charge in [-0.05, 0) is 47.9 Å². The Morgan fingerprint density at radius 1 is 1.10 bits per heavy atom. The van der Waals surface area contributed by atoms with Gasteiger partial charge in [-0.3, -0.25) is 18.6 Å². The van der Waals surface area contributed by atoms with Crippen molar-refractivity contribution in [2.24, 2.45) is 0 Å². The molecule has 9 heteroatoms. The maximum absolute atomic E-state index is 12.1. The van der Waals surface area contributed by atoms with Crippen LogP contribution >= 0.6 is 23.2 Å². The van der Waals surface area contributed by atoms with E-state index in [1.165, 1.54) is 10.5 Å². The third-order valence-electron chi connectivity index (χ3n) is 4.41. The molecule has 2 aromatic carbocycles. The highest BCUT2D eigenvalue weighted by Crippen LogP contribution is 2.26. The number of nitrogens with one attached hydrogen (secondary N) is 1. The predicted octanol–water partition coefficient (Wildman–Crippen LogP) is 4.50. The van der Waals surface area contributed by atoms with Crippen LogP contribution in [0.5, 0.6) is 0 Å². The van der Waals surface area contributed by atoms with E-state index in [1.54, 1.807) is 54.7 Å². The monoisotopic (exact) mass is 463 g/mol. The Kier molecular flexibility index (Phi) is 7.81. The Bertz CT molecular complexity index is 1030. The molecule has 1 atom stereocenters. The highest BCUT2D eigenvalue weighted by atomic mass is 35.5. The van der Waals surface area contributed by atoms with Gasteiger partial charge >= 0.3 is 0 Å². The summed E-state index contributed by atoms with van der Waals surface area (Å²) in [7, 11) is 0. The topological polar surface area (TPSA) is 82.5 Å². The summed E-state index contributed by atoms with van der Waals surface area (Å²) in [5.41, 5.74) is 2.72. The fourth-order valence-corrected chi connectivity index (χ4v) is 3.79. The van der Waals surface area contributed by atoms with Crippen LogP contribution in [0.3, 0.4) is 0 Å². The summed E-state index contributed by atoms with van der Waals surface area (Å²) in [6.45, 7) is 0.606. The van der Waals surface area contributed by atoms with Gasteiger partial charge in [-0.1, -0.05) is 47.5 Å². The molecular formula is C21H19Cl2N3O3S. The van der Waals surface area contributed by atoms with Crippen LogP contribution in [0.15, 0.2) is 67.0 Å². The van der Waals surface area contributed by atoms with E-state index in [0.717, 1.165) is 11.1 Å². The number of nitrogens with zero attached hydrogens (tertiary/aromatic N) is 2. The van der Waals surface area contributed by atoms with Crippen molar-refractivity contribution in [2.45, 2.75) is 13.0 Å². The number of hydrogen-bond acceptors (Lipinski definition) is 3. The normalized spacial score (nSPS) is 11.7. The fourth-order valence-electron chi connectivity index (χ4n) is 2.82. The lowest BCUT2D eigenvalue weighted by molar-refractivity contribution is 0.0950. The van der Waals surface area contributed by atoms with Gasteiger partial charge in [-0.15, -0.1) is 0 Å². The Labute approximate surface area is 187 Å². The SMILES string of the molecule is O=C(NCc1ccc(N(CCc2cccc(Cl)c2Cl)S(=O)O)cc1)c1cccnc1. The van der Waals surface area contributed by atoms with Gasteiger partial charge < -0.3 is 5.32 Å². The van der Waals surface area contributed by atoms with Crippen LogP contribution in [-0.2, 0) is 24.2 Å². The number of aromatic nitrogens is 1. The van der Waals surface area contributed by atoms with E-state index >= 15 is 0 Å². The Balaban J connectivity index is 1.62. The second kappa shape index (κ2) is 10.5. The second-order valence-corrected chi connectivity index (χ2v) is 8.07. The summed E-state index contributed by atoms with van der Waals surface area (Å²) < 4.78 is 22.9. The van der Waals surface area contributed by atoms with Crippen LogP contribution in [-0.4, -0.2) is 26.2 Å². The zero-order valence-electron chi connectivity index (χ0n) is 15.8. The summed E-state index contributed by atoms with van der Waals surface area (Å²) in [5.74, 6) is -0.219. The minimum absolute atomic E-state index is 0.219. The van der Waals surface area contributed by atoms with Gasteiger partial charge in [0.1, 0.15) is 0 Å². The lowest BCUT2D eigenvalue weighted by Crippen LogP contribution is -2.27. The molecule has 0 fully saturated rings. The van der Waals surface area contributed by atoms with Crippen LogP contribution in [0.4, 0.5) is 5.69 Å². The van der Waals surface area contributed by atoms with Crippen molar-refractivity contribution in [3.05, 3.63) is 93.7 Å². The molecule has 0 bridgehead atoms. The van der Waals surface area contributed by atoms with Crippen LogP contribution in [0.2, 0.25) is 10.0 Å². The highest BCUT2D eigenvalue weighted by molar-refractivity contribution is 7.80. The largest absolute Gasteiger partial charge is 0.348 e. The number of carbonyl (C=O) groups is 1. The van der Waals surface area contributed by atoms with Crippen LogP contribution in [0, 0.1) is 0 Å². The summed E-state index contributed by atoms with van der Waals surface area (Å²) in [6, 6.07) is 15.8.